The number of carbonyl (C=O) groups is 2. The third-order valence-corrected chi connectivity index (χ3v) is 6.91. The van der Waals surface area contributed by atoms with Gasteiger partial charge in [-0.05, 0) is 60.6 Å². The molecule has 3 N–H and O–H groups in total. The number of para-hydroxylation sites is 1. The fourth-order valence-corrected chi connectivity index (χ4v) is 5.24. The van der Waals surface area contributed by atoms with E-state index in [0.29, 0.717) is 11.4 Å². The third kappa shape index (κ3) is 5.26. The number of nitrogens with two attached hydrogens (primary N) is 1. The number of carbonyl (C=O) groups excluding carboxylic acids is 1. The van der Waals surface area contributed by atoms with Crippen molar-refractivity contribution in [3.05, 3.63) is 100 Å². The first-order valence-corrected chi connectivity index (χ1v) is 12.0. The number of carboxylic acids is 1. The van der Waals surface area contributed by atoms with E-state index in [4.69, 9.17) is 17.3 Å². The van der Waals surface area contributed by atoms with Crippen LogP contribution in [0.15, 0.2) is 72.8 Å². The van der Waals surface area contributed by atoms with Crippen LogP contribution in [0.1, 0.15) is 52.2 Å². The molecule has 0 aliphatic carbocycles. The molecule has 4 rings (SSSR count). The molecule has 1 heterocycles. The van der Waals surface area contributed by atoms with Crippen LogP contribution < -0.4 is 10.6 Å². The lowest BCUT2D eigenvalue weighted by molar-refractivity contribution is -0.122. The zero-order chi connectivity index (χ0) is 24.1. The molecule has 1 amide bonds. The highest BCUT2D eigenvalue weighted by Gasteiger charge is 2.33. The number of halogens is 1. The van der Waals surface area contributed by atoms with E-state index in [1.165, 1.54) is 6.42 Å². The molecule has 1 aliphatic rings. The van der Waals surface area contributed by atoms with Crippen LogP contribution in [0.25, 0.3) is 0 Å². The van der Waals surface area contributed by atoms with Crippen LogP contribution in [0.4, 0.5) is 5.69 Å². The standard InChI is InChI=1S/C28H29ClN2O3/c29-24-11-7-10-22(26(24)31-16-5-2-6-17-31)25(20-8-3-1-4-9-20)23(27(30)32)18-19-12-14-21(15-13-19)28(33)34/h1,3-4,7-15,23,25H,2,5-6,16-18H2,(H2,30,32)(H,33,34). The van der Waals surface area contributed by atoms with E-state index in [0.717, 1.165) is 48.3 Å². The first-order chi connectivity index (χ1) is 16.5. The van der Waals surface area contributed by atoms with E-state index in [1.807, 2.05) is 42.5 Å². The molecular formula is C28H29ClN2O3. The summed E-state index contributed by atoms with van der Waals surface area (Å²) in [7, 11) is 0. The zero-order valence-electron chi connectivity index (χ0n) is 19.0. The molecule has 0 radical (unpaired) electrons. The summed E-state index contributed by atoms with van der Waals surface area (Å²) in [6.07, 6.45) is 3.81. The van der Waals surface area contributed by atoms with E-state index >= 15 is 0 Å². The maximum atomic E-state index is 12.9. The second-order valence-electron chi connectivity index (χ2n) is 8.83. The van der Waals surface area contributed by atoms with Crippen molar-refractivity contribution in [1.82, 2.24) is 0 Å². The topological polar surface area (TPSA) is 83.6 Å². The van der Waals surface area contributed by atoms with Gasteiger partial charge in [-0.3, -0.25) is 4.79 Å². The Kier molecular flexibility index (Phi) is 7.53. The molecule has 2 atom stereocenters. The van der Waals surface area contributed by atoms with Gasteiger partial charge >= 0.3 is 5.97 Å². The molecule has 3 aromatic carbocycles. The molecule has 0 spiro atoms. The average molecular weight is 477 g/mol. The van der Waals surface area contributed by atoms with Gasteiger partial charge in [-0.1, -0.05) is 66.2 Å². The van der Waals surface area contributed by atoms with E-state index < -0.39 is 17.8 Å². The van der Waals surface area contributed by atoms with Crippen LogP contribution in [-0.2, 0) is 11.2 Å². The average Bonchev–Trinajstić information content (AvgIpc) is 2.85. The predicted molar refractivity (Wildman–Crippen MR) is 136 cm³/mol. The summed E-state index contributed by atoms with van der Waals surface area (Å²) in [5.74, 6) is -2.22. The number of amides is 1. The Hall–Kier alpha value is -3.31. The van der Waals surface area contributed by atoms with Gasteiger partial charge in [0.1, 0.15) is 0 Å². The number of aromatic carboxylic acids is 1. The number of primary amides is 1. The number of nitrogens with zero attached hydrogens (tertiary/aromatic N) is 1. The van der Waals surface area contributed by atoms with Gasteiger partial charge in [0.2, 0.25) is 5.91 Å². The number of carboxylic acid groups (broad SMARTS) is 1. The highest BCUT2D eigenvalue weighted by molar-refractivity contribution is 6.33. The molecule has 0 saturated carbocycles. The van der Waals surface area contributed by atoms with Crippen LogP contribution in [0.3, 0.4) is 0 Å². The smallest absolute Gasteiger partial charge is 0.335 e. The van der Waals surface area contributed by atoms with Crippen molar-refractivity contribution in [2.75, 3.05) is 18.0 Å². The van der Waals surface area contributed by atoms with Crippen molar-refractivity contribution in [2.24, 2.45) is 11.7 Å². The molecule has 176 valence electrons. The molecule has 1 aliphatic heterocycles. The Balaban J connectivity index is 1.80. The monoisotopic (exact) mass is 476 g/mol. The molecule has 1 fully saturated rings. The highest BCUT2D eigenvalue weighted by atomic mass is 35.5. The minimum atomic E-state index is -0.981. The summed E-state index contributed by atoms with van der Waals surface area (Å²) in [6.45, 7) is 1.85. The van der Waals surface area contributed by atoms with Crippen molar-refractivity contribution in [1.29, 1.82) is 0 Å². The maximum Gasteiger partial charge on any atom is 0.335 e. The van der Waals surface area contributed by atoms with Gasteiger partial charge in [0.25, 0.3) is 0 Å². The molecular weight excluding hydrogens is 448 g/mol. The Morgan fingerprint density at radius 3 is 2.21 bits per heavy atom. The second kappa shape index (κ2) is 10.7. The number of anilines is 1. The van der Waals surface area contributed by atoms with Gasteiger partial charge in [0, 0.05) is 19.0 Å². The van der Waals surface area contributed by atoms with Gasteiger partial charge < -0.3 is 15.7 Å². The highest BCUT2D eigenvalue weighted by Crippen LogP contribution is 2.43. The van der Waals surface area contributed by atoms with Gasteiger partial charge in [-0.25, -0.2) is 4.79 Å². The largest absolute Gasteiger partial charge is 0.478 e. The van der Waals surface area contributed by atoms with E-state index in [-0.39, 0.29) is 11.5 Å². The number of benzene rings is 3. The van der Waals surface area contributed by atoms with Crippen LogP contribution >= 0.6 is 11.6 Å². The Bertz CT molecular complexity index is 1140. The lowest BCUT2D eigenvalue weighted by atomic mass is 9.76. The SMILES string of the molecule is NC(=O)C(Cc1ccc(C(=O)O)cc1)C(c1ccccc1)c1cccc(Cl)c1N1CCCCC1. The first kappa shape index (κ1) is 23.8. The normalized spacial score (nSPS) is 15.5. The second-order valence-corrected chi connectivity index (χ2v) is 9.24. The summed E-state index contributed by atoms with van der Waals surface area (Å²) < 4.78 is 0. The number of hydrogen-bond donors (Lipinski definition) is 2. The van der Waals surface area contributed by atoms with Crippen LogP contribution in [-0.4, -0.2) is 30.1 Å². The van der Waals surface area contributed by atoms with Crippen molar-refractivity contribution in [3.8, 4) is 0 Å². The molecule has 2 unspecified atom stereocenters. The molecule has 3 aromatic rings. The molecule has 1 saturated heterocycles. The van der Waals surface area contributed by atoms with Crippen LogP contribution in [0.2, 0.25) is 5.02 Å². The maximum absolute atomic E-state index is 12.9. The predicted octanol–water partition coefficient (Wildman–Crippen LogP) is 5.50. The Morgan fingerprint density at radius 2 is 1.59 bits per heavy atom. The summed E-state index contributed by atoms with van der Waals surface area (Å²) in [5, 5.41) is 9.90. The third-order valence-electron chi connectivity index (χ3n) is 6.61. The first-order valence-electron chi connectivity index (χ1n) is 11.7. The molecule has 5 nitrogen and oxygen atoms in total. The Morgan fingerprint density at radius 1 is 0.912 bits per heavy atom. The minimum absolute atomic E-state index is 0.209. The Labute approximate surface area is 205 Å². The van der Waals surface area contributed by atoms with Gasteiger partial charge in [0.05, 0.1) is 22.2 Å². The van der Waals surface area contributed by atoms with E-state index in [9.17, 15) is 14.7 Å². The van der Waals surface area contributed by atoms with Gasteiger partial charge in [-0.15, -0.1) is 0 Å². The van der Waals surface area contributed by atoms with Gasteiger partial charge in [-0.2, -0.15) is 0 Å². The number of rotatable bonds is 8. The van der Waals surface area contributed by atoms with Crippen molar-refractivity contribution in [3.63, 3.8) is 0 Å². The van der Waals surface area contributed by atoms with Crippen LogP contribution in [0.5, 0.6) is 0 Å². The van der Waals surface area contributed by atoms with Crippen molar-refractivity contribution < 1.29 is 14.7 Å². The number of hydrogen-bond acceptors (Lipinski definition) is 3. The van der Waals surface area contributed by atoms with E-state index in [2.05, 4.69) is 11.0 Å². The van der Waals surface area contributed by atoms with Crippen molar-refractivity contribution in [2.45, 2.75) is 31.6 Å². The zero-order valence-corrected chi connectivity index (χ0v) is 19.7. The summed E-state index contributed by atoms with van der Waals surface area (Å²) in [4.78, 5) is 26.5. The molecule has 6 heteroatoms. The van der Waals surface area contributed by atoms with Crippen LogP contribution in [0, 0.1) is 5.92 Å². The van der Waals surface area contributed by atoms with E-state index in [1.54, 1.807) is 24.3 Å². The quantitative estimate of drug-likeness (QED) is 0.449. The molecule has 0 aromatic heterocycles. The lowest BCUT2D eigenvalue weighted by Crippen LogP contribution is -2.34. The minimum Gasteiger partial charge on any atom is -0.478 e. The number of piperidine rings is 1. The fourth-order valence-electron chi connectivity index (χ4n) is 4.94. The van der Waals surface area contributed by atoms with Gasteiger partial charge in [0.15, 0.2) is 0 Å². The van der Waals surface area contributed by atoms with Crippen molar-refractivity contribution >= 4 is 29.2 Å². The molecule has 34 heavy (non-hydrogen) atoms. The fraction of sp³-hybridized carbons (Fsp3) is 0.286. The molecule has 0 bridgehead atoms. The summed E-state index contributed by atoms with van der Waals surface area (Å²) in [5.41, 5.74) is 10.1. The lowest BCUT2D eigenvalue weighted by Gasteiger charge is -2.35. The summed E-state index contributed by atoms with van der Waals surface area (Å²) in [6, 6.07) is 22.4. The summed E-state index contributed by atoms with van der Waals surface area (Å²) >= 11 is 6.77.